The number of hydrogen-bond acceptors (Lipinski definition) is 10. The summed E-state index contributed by atoms with van der Waals surface area (Å²) in [6, 6.07) is 14.1. The van der Waals surface area contributed by atoms with Gasteiger partial charge in [0.2, 0.25) is 16.0 Å². The molecule has 0 saturated carbocycles. The lowest BCUT2D eigenvalue weighted by Crippen LogP contribution is -2.45. The maximum Gasteiger partial charge on any atom is 0.380 e. The molecule has 3 aromatic heterocycles. The van der Waals surface area contributed by atoms with Crippen molar-refractivity contribution in [3.05, 3.63) is 77.4 Å². The second-order valence-electron chi connectivity index (χ2n) is 9.53. The molecule has 218 valence electrons. The van der Waals surface area contributed by atoms with Crippen LogP contribution in [0.2, 0.25) is 5.02 Å². The number of nitrogens with one attached hydrogen (secondary N) is 1. The average molecular weight is 646 g/mol. The molecule has 0 amide bonds. The topological polar surface area (TPSA) is 162 Å². The molecule has 0 radical (unpaired) electrons. The number of fused-ring (bicyclic) bond motifs is 1. The molecule has 0 spiro atoms. The molecule has 0 bridgehead atoms. The summed E-state index contributed by atoms with van der Waals surface area (Å²) in [5.41, 5.74) is 2.39. The zero-order valence-electron chi connectivity index (χ0n) is 21.8. The lowest BCUT2D eigenvalue weighted by molar-refractivity contribution is 0.326. The molecule has 6 rings (SSSR count). The van der Waals surface area contributed by atoms with Gasteiger partial charge < -0.3 is 9.50 Å². The maximum atomic E-state index is 13.2. The molecule has 1 atom stereocenters. The Bertz CT molecular complexity index is 1980. The third-order valence-electron chi connectivity index (χ3n) is 6.65. The van der Waals surface area contributed by atoms with Gasteiger partial charge >= 0.3 is 10.3 Å². The van der Waals surface area contributed by atoms with E-state index in [1.54, 1.807) is 42.6 Å². The monoisotopic (exact) mass is 645 g/mol. The zero-order chi connectivity index (χ0) is 29.5. The minimum Gasteiger partial charge on any atom is -0.371 e. The summed E-state index contributed by atoms with van der Waals surface area (Å²) < 4.78 is 57.6. The number of imidazole rings is 1. The third kappa shape index (κ3) is 5.97. The number of rotatable bonds is 8. The Labute approximate surface area is 251 Å². The van der Waals surface area contributed by atoms with E-state index in [9.17, 15) is 16.8 Å². The molecule has 1 fully saturated rings. The van der Waals surface area contributed by atoms with Crippen LogP contribution in [0, 0.1) is 0 Å². The quantitative estimate of drug-likeness (QED) is 0.254. The summed E-state index contributed by atoms with van der Waals surface area (Å²) in [7, 11) is -7.89. The van der Waals surface area contributed by atoms with Gasteiger partial charge in [0, 0.05) is 47.5 Å². The van der Waals surface area contributed by atoms with E-state index in [-0.39, 0.29) is 23.2 Å². The van der Waals surface area contributed by atoms with Crippen molar-refractivity contribution in [2.45, 2.75) is 23.8 Å². The van der Waals surface area contributed by atoms with Gasteiger partial charge in [0.05, 0.1) is 16.3 Å². The molecule has 16 heteroatoms. The zero-order valence-corrected chi connectivity index (χ0v) is 25.0. The predicted octanol–water partition coefficient (Wildman–Crippen LogP) is 4.02. The van der Waals surface area contributed by atoms with Gasteiger partial charge in [-0.1, -0.05) is 23.7 Å². The van der Waals surface area contributed by atoms with Crippen LogP contribution in [0.1, 0.15) is 12.8 Å². The highest BCUT2D eigenvalue weighted by Gasteiger charge is 2.31. The molecule has 3 N–H and O–H groups in total. The molecule has 0 aliphatic carbocycles. The Balaban J connectivity index is 1.28. The Morgan fingerprint density at radius 1 is 1.07 bits per heavy atom. The van der Waals surface area contributed by atoms with Crippen LogP contribution in [-0.4, -0.2) is 59.6 Å². The van der Waals surface area contributed by atoms with Gasteiger partial charge in [-0.2, -0.15) is 17.9 Å². The third-order valence-corrected chi connectivity index (χ3v) is 9.96. The number of nitrogens with two attached hydrogens (primary N) is 1. The number of nitrogens with zero attached hydrogens (tertiary/aromatic N) is 5. The first kappa shape index (κ1) is 28.5. The van der Waals surface area contributed by atoms with Gasteiger partial charge in [-0.05, 0) is 55.3 Å². The van der Waals surface area contributed by atoms with E-state index < -0.39 is 20.3 Å². The molecule has 5 aromatic rings. The second-order valence-corrected chi connectivity index (χ2v) is 13.9. The van der Waals surface area contributed by atoms with E-state index in [2.05, 4.69) is 10.3 Å². The Kier molecular flexibility index (Phi) is 7.63. The fourth-order valence-electron chi connectivity index (χ4n) is 4.84. The van der Waals surface area contributed by atoms with Gasteiger partial charge in [-0.3, -0.25) is 4.40 Å². The summed E-state index contributed by atoms with van der Waals surface area (Å²) in [6.07, 6.45) is 4.89. The highest BCUT2D eigenvalue weighted by atomic mass is 35.5. The fraction of sp³-hybridized carbons (Fsp3) is 0.192. The Morgan fingerprint density at radius 3 is 2.67 bits per heavy atom. The van der Waals surface area contributed by atoms with Gasteiger partial charge in [0.1, 0.15) is 11.4 Å². The van der Waals surface area contributed by atoms with Gasteiger partial charge in [0.15, 0.2) is 4.96 Å². The molecule has 0 unspecified atom stereocenters. The van der Waals surface area contributed by atoms with Crippen molar-refractivity contribution in [3.63, 3.8) is 0 Å². The van der Waals surface area contributed by atoms with E-state index >= 15 is 0 Å². The first-order valence-electron chi connectivity index (χ1n) is 12.7. The average Bonchev–Trinajstić information content (AvgIpc) is 3.55. The van der Waals surface area contributed by atoms with Crippen molar-refractivity contribution in [3.8, 4) is 28.4 Å². The van der Waals surface area contributed by atoms with Gasteiger partial charge in [0.25, 0.3) is 0 Å². The summed E-state index contributed by atoms with van der Waals surface area (Å²) in [6.45, 7) is 0.662. The predicted molar refractivity (Wildman–Crippen MR) is 160 cm³/mol. The van der Waals surface area contributed by atoms with Crippen LogP contribution in [0.4, 0.5) is 5.95 Å². The van der Waals surface area contributed by atoms with Crippen molar-refractivity contribution in [1.82, 2.24) is 23.7 Å². The smallest absolute Gasteiger partial charge is 0.371 e. The Morgan fingerprint density at radius 2 is 1.88 bits per heavy atom. The molecule has 2 aromatic carbocycles. The van der Waals surface area contributed by atoms with Crippen LogP contribution in [0.3, 0.4) is 0 Å². The van der Waals surface area contributed by atoms with E-state index in [0.29, 0.717) is 51.5 Å². The second kappa shape index (κ2) is 11.2. The SMILES string of the molecule is NS(=O)(=O)Oc1cccc(-c2nc3sccn3c2-c2ccnc(N[C@@H]3CCCN(S(=O)(=O)c4ccc(Cl)cc4)C3)n2)c1. The number of sulfonamides is 1. The number of thiazole rings is 1. The normalized spacial score (nSPS) is 16.5. The first-order valence-corrected chi connectivity index (χ1v) is 16.9. The van der Waals surface area contributed by atoms with E-state index in [0.717, 1.165) is 6.42 Å². The summed E-state index contributed by atoms with van der Waals surface area (Å²) in [5.74, 6) is 0.392. The van der Waals surface area contributed by atoms with Crippen molar-refractivity contribution in [1.29, 1.82) is 0 Å². The molecular weight excluding hydrogens is 622 g/mol. The van der Waals surface area contributed by atoms with Gasteiger partial charge in [-0.25, -0.2) is 23.4 Å². The Hall–Kier alpha value is -3.60. The summed E-state index contributed by atoms with van der Waals surface area (Å²) in [4.78, 5) is 14.8. The molecular formula is C26H24ClN7O5S3. The standard InChI is InChI=1S/C26H24ClN7O5S3/c27-18-6-8-21(9-7-18)41(35,36)33-12-2-4-19(16-33)30-25-29-11-10-22(31-25)24-23(32-26-34(24)13-14-40-26)17-3-1-5-20(15-17)39-42(28,37)38/h1,3,5-11,13-15,19H,2,4,12,16H2,(H2,28,37,38)(H,29,30,31)/t19-/m1/s1. The molecule has 1 saturated heterocycles. The number of hydrogen-bond donors (Lipinski definition) is 2. The minimum absolute atomic E-state index is 0.0535. The van der Waals surface area contributed by atoms with Crippen molar-refractivity contribution < 1.29 is 21.0 Å². The van der Waals surface area contributed by atoms with Crippen LogP contribution in [0.15, 0.2) is 77.3 Å². The van der Waals surface area contributed by atoms with E-state index in [4.69, 9.17) is 30.9 Å². The lowest BCUT2D eigenvalue weighted by Gasteiger charge is -2.32. The molecule has 4 heterocycles. The fourth-order valence-corrected chi connectivity index (χ4v) is 7.57. The van der Waals surface area contributed by atoms with Crippen LogP contribution < -0.4 is 14.6 Å². The highest BCUT2D eigenvalue weighted by molar-refractivity contribution is 7.89. The van der Waals surface area contributed by atoms with E-state index in [1.165, 1.54) is 33.8 Å². The van der Waals surface area contributed by atoms with Crippen LogP contribution in [0.5, 0.6) is 5.75 Å². The summed E-state index contributed by atoms with van der Waals surface area (Å²) >= 11 is 7.38. The molecule has 42 heavy (non-hydrogen) atoms. The number of aromatic nitrogens is 4. The summed E-state index contributed by atoms with van der Waals surface area (Å²) in [5, 5.41) is 10.7. The lowest BCUT2D eigenvalue weighted by atomic mass is 10.1. The van der Waals surface area contributed by atoms with Crippen molar-refractivity contribution in [2.75, 3.05) is 18.4 Å². The minimum atomic E-state index is -4.20. The largest absolute Gasteiger partial charge is 0.380 e. The van der Waals surface area contributed by atoms with Crippen molar-refractivity contribution >= 4 is 54.2 Å². The number of benzene rings is 2. The number of anilines is 1. The molecule has 1 aliphatic heterocycles. The van der Waals surface area contributed by atoms with Gasteiger partial charge in [-0.15, -0.1) is 11.3 Å². The van der Waals surface area contributed by atoms with Crippen molar-refractivity contribution in [2.24, 2.45) is 5.14 Å². The molecule has 12 nitrogen and oxygen atoms in total. The first-order chi connectivity index (χ1) is 20.1. The number of halogens is 1. The van der Waals surface area contributed by atoms with Crippen LogP contribution in [-0.2, 0) is 20.3 Å². The van der Waals surface area contributed by atoms with Crippen LogP contribution in [0.25, 0.3) is 27.6 Å². The maximum absolute atomic E-state index is 13.2. The highest BCUT2D eigenvalue weighted by Crippen LogP contribution is 2.35. The van der Waals surface area contributed by atoms with E-state index in [1.807, 2.05) is 16.0 Å². The molecule has 1 aliphatic rings. The van der Waals surface area contributed by atoms with Crippen LogP contribution >= 0.6 is 22.9 Å². The number of piperidine rings is 1.